The van der Waals surface area contributed by atoms with Gasteiger partial charge in [-0.3, -0.25) is 4.79 Å². The molecule has 0 radical (unpaired) electrons. The molecule has 0 atom stereocenters. The van der Waals surface area contributed by atoms with Crippen molar-refractivity contribution in [1.29, 1.82) is 0 Å². The second kappa shape index (κ2) is 6.60. The molecule has 0 unspecified atom stereocenters. The molecule has 0 spiro atoms. The lowest BCUT2D eigenvalue weighted by molar-refractivity contribution is -0.119. The van der Waals surface area contributed by atoms with E-state index in [4.69, 9.17) is 0 Å². The van der Waals surface area contributed by atoms with E-state index < -0.39 is 0 Å². The fourth-order valence-electron chi connectivity index (χ4n) is 2.70. The van der Waals surface area contributed by atoms with Gasteiger partial charge in [-0.25, -0.2) is 0 Å². The molecule has 1 aliphatic rings. The maximum absolute atomic E-state index is 11.5. The molecule has 1 aromatic rings. The number of likely N-dealkylation sites (N-methyl/N-ethyl adjacent to an activating group) is 1. The van der Waals surface area contributed by atoms with Crippen LogP contribution in [0.3, 0.4) is 0 Å². The summed E-state index contributed by atoms with van der Waals surface area (Å²) < 4.78 is 0. The Morgan fingerprint density at radius 2 is 1.89 bits per heavy atom. The summed E-state index contributed by atoms with van der Waals surface area (Å²) in [5.74, 6) is 0.922. The van der Waals surface area contributed by atoms with Crippen LogP contribution >= 0.6 is 0 Å². The molecular weight excluding hydrogens is 236 g/mol. The first-order chi connectivity index (χ1) is 9.19. The summed E-state index contributed by atoms with van der Waals surface area (Å²) in [7, 11) is 1.68. The van der Waals surface area contributed by atoms with E-state index in [-0.39, 0.29) is 5.91 Å². The topological polar surface area (TPSA) is 41.1 Å². The van der Waals surface area contributed by atoms with Gasteiger partial charge in [0, 0.05) is 18.8 Å². The summed E-state index contributed by atoms with van der Waals surface area (Å²) >= 11 is 0. The largest absolute Gasteiger partial charge is 0.382 e. The number of nitrogens with one attached hydrogen (secondary N) is 2. The number of rotatable bonds is 4. The minimum absolute atomic E-state index is 0.0616. The second-order valence-corrected chi connectivity index (χ2v) is 5.61. The van der Waals surface area contributed by atoms with Crippen molar-refractivity contribution in [2.45, 2.75) is 45.1 Å². The molecule has 2 rings (SSSR count). The Hall–Kier alpha value is -1.51. The van der Waals surface area contributed by atoms with Crippen LogP contribution in [-0.2, 0) is 11.2 Å². The SMILES string of the molecule is CNC(=O)Cc1ccccc1NC1CCC(C)CC1. The third-order valence-corrected chi connectivity index (χ3v) is 4.02. The van der Waals surface area contributed by atoms with Crippen LogP contribution in [0.5, 0.6) is 0 Å². The highest BCUT2D eigenvalue weighted by molar-refractivity contribution is 5.80. The summed E-state index contributed by atoms with van der Waals surface area (Å²) in [5.41, 5.74) is 2.20. The van der Waals surface area contributed by atoms with Crippen molar-refractivity contribution in [1.82, 2.24) is 5.32 Å². The van der Waals surface area contributed by atoms with Gasteiger partial charge in [-0.2, -0.15) is 0 Å². The number of anilines is 1. The van der Waals surface area contributed by atoms with E-state index in [9.17, 15) is 4.79 Å². The number of hydrogen-bond donors (Lipinski definition) is 2. The average molecular weight is 260 g/mol. The van der Waals surface area contributed by atoms with Crippen LogP contribution in [-0.4, -0.2) is 19.0 Å². The smallest absolute Gasteiger partial charge is 0.224 e. The first-order valence-electron chi connectivity index (χ1n) is 7.24. The van der Waals surface area contributed by atoms with Gasteiger partial charge < -0.3 is 10.6 Å². The summed E-state index contributed by atoms with van der Waals surface area (Å²) in [6, 6.07) is 8.69. The van der Waals surface area contributed by atoms with Crippen molar-refractivity contribution in [2.75, 3.05) is 12.4 Å². The minimum Gasteiger partial charge on any atom is -0.382 e. The van der Waals surface area contributed by atoms with E-state index in [1.165, 1.54) is 25.7 Å². The Morgan fingerprint density at radius 3 is 2.58 bits per heavy atom. The molecule has 3 heteroatoms. The molecule has 1 fully saturated rings. The predicted octanol–water partition coefficient (Wildman–Crippen LogP) is 2.97. The molecule has 2 N–H and O–H groups in total. The molecule has 0 heterocycles. The Labute approximate surface area is 115 Å². The molecule has 0 aliphatic heterocycles. The van der Waals surface area contributed by atoms with E-state index in [2.05, 4.69) is 23.6 Å². The van der Waals surface area contributed by atoms with Crippen molar-refractivity contribution in [2.24, 2.45) is 5.92 Å². The summed E-state index contributed by atoms with van der Waals surface area (Å²) in [5, 5.41) is 6.30. The predicted molar refractivity (Wildman–Crippen MR) is 79.3 cm³/mol. The second-order valence-electron chi connectivity index (χ2n) is 5.61. The maximum atomic E-state index is 11.5. The number of benzene rings is 1. The van der Waals surface area contributed by atoms with Gasteiger partial charge in [-0.1, -0.05) is 25.1 Å². The third-order valence-electron chi connectivity index (χ3n) is 4.02. The van der Waals surface area contributed by atoms with Gasteiger partial charge in [0.15, 0.2) is 0 Å². The molecule has 19 heavy (non-hydrogen) atoms. The third kappa shape index (κ3) is 3.98. The Bertz CT molecular complexity index is 423. The standard InChI is InChI=1S/C16H24N2O/c1-12-7-9-14(10-8-12)18-15-6-4-3-5-13(15)11-16(19)17-2/h3-6,12,14,18H,7-11H2,1-2H3,(H,17,19). The van der Waals surface area contributed by atoms with Crippen LogP contribution in [0.25, 0.3) is 0 Å². The van der Waals surface area contributed by atoms with Gasteiger partial charge in [-0.05, 0) is 43.2 Å². The molecule has 104 valence electrons. The van der Waals surface area contributed by atoms with Crippen LogP contribution in [0.4, 0.5) is 5.69 Å². The van der Waals surface area contributed by atoms with Gasteiger partial charge in [0.2, 0.25) is 5.91 Å². The molecule has 0 bridgehead atoms. The normalized spacial score (nSPS) is 22.8. The average Bonchev–Trinajstić information content (AvgIpc) is 2.43. The summed E-state index contributed by atoms with van der Waals surface area (Å²) in [6.07, 6.45) is 5.51. The van der Waals surface area contributed by atoms with E-state index in [1.54, 1.807) is 7.05 Å². The van der Waals surface area contributed by atoms with Crippen molar-refractivity contribution in [3.8, 4) is 0 Å². The van der Waals surface area contributed by atoms with E-state index in [1.807, 2.05) is 18.2 Å². The lowest BCUT2D eigenvalue weighted by Gasteiger charge is -2.28. The number of carbonyl (C=O) groups is 1. The lowest BCUT2D eigenvalue weighted by Crippen LogP contribution is -2.26. The van der Waals surface area contributed by atoms with E-state index in [0.717, 1.165) is 17.2 Å². The van der Waals surface area contributed by atoms with Gasteiger partial charge in [0.1, 0.15) is 0 Å². The fourth-order valence-corrected chi connectivity index (χ4v) is 2.70. The quantitative estimate of drug-likeness (QED) is 0.874. The zero-order valence-electron chi connectivity index (χ0n) is 11.9. The molecule has 1 aromatic carbocycles. The molecule has 0 saturated heterocycles. The number of para-hydroxylation sites is 1. The van der Waals surface area contributed by atoms with Crippen LogP contribution in [0.1, 0.15) is 38.2 Å². The van der Waals surface area contributed by atoms with Crippen LogP contribution < -0.4 is 10.6 Å². The zero-order chi connectivity index (χ0) is 13.7. The number of amides is 1. The van der Waals surface area contributed by atoms with Gasteiger partial charge in [0.05, 0.1) is 6.42 Å². The molecule has 1 saturated carbocycles. The van der Waals surface area contributed by atoms with E-state index >= 15 is 0 Å². The molecule has 1 amide bonds. The van der Waals surface area contributed by atoms with Gasteiger partial charge in [-0.15, -0.1) is 0 Å². The summed E-state index contributed by atoms with van der Waals surface area (Å²) in [6.45, 7) is 2.33. The molecule has 1 aliphatic carbocycles. The number of carbonyl (C=O) groups excluding carboxylic acids is 1. The fraction of sp³-hybridized carbons (Fsp3) is 0.562. The van der Waals surface area contributed by atoms with Crippen molar-refractivity contribution in [3.63, 3.8) is 0 Å². The van der Waals surface area contributed by atoms with E-state index in [0.29, 0.717) is 12.5 Å². The minimum atomic E-state index is 0.0616. The van der Waals surface area contributed by atoms with Crippen LogP contribution in [0.15, 0.2) is 24.3 Å². The first kappa shape index (κ1) is 13.9. The molecule has 0 aromatic heterocycles. The van der Waals surface area contributed by atoms with Crippen molar-refractivity contribution in [3.05, 3.63) is 29.8 Å². The maximum Gasteiger partial charge on any atom is 0.224 e. The number of hydrogen-bond acceptors (Lipinski definition) is 2. The Morgan fingerprint density at radius 1 is 1.21 bits per heavy atom. The molecule has 3 nitrogen and oxygen atoms in total. The highest BCUT2D eigenvalue weighted by atomic mass is 16.1. The van der Waals surface area contributed by atoms with Crippen LogP contribution in [0.2, 0.25) is 0 Å². The monoisotopic (exact) mass is 260 g/mol. The summed E-state index contributed by atoms with van der Waals surface area (Å²) in [4.78, 5) is 11.5. The molecular formula is C16H24N2O. The Balaban J connectivity index is 2.01. The highest BCUT2D eigenvalue weighted by Gasteiger charge is 2.18. The van der Waals surface area contributed by atoms with Gasteiger partial charge in [0.25, 0.3) is 0 Å². The van der Waals surface area contributed by atoms with Crippen molar-refractivity contribution < 1.29 is 4.79 Å². The first-order valence-corrected chi connectivity index (χ1v) is 7.24. The zero-order valence-corrected chi connectivity index (χ0v) is 11.9. The lowest BCUT2D eigenvalue weighted by atomic mass is 9.87. The van der Waals surface area contributed by atoms with Crippen LogP contribution in [0, 0.1) is 5.92 Å². The van der Waals surface area contributed by atoms with Gasteiger partial charge >= 0.3 is 0 Å². The Kier molecular flexibility index (Phi) is 4.83. The highest BCUT2D eigenvalue weighted by Crippen LogP contribution is 2.27. The van der Waals surface area contributed by atoms with Crippen molar-refractivity contribution >= 4 is 11.6 Å².